The second-order valence-corrected chi connectivity index (χ2v) is 4.67. The van der Waals surface area contributed by atoms with Gasteiger partial charge in [-0.2, -0.15) is 0 Å². The predicted molar refractivity (Wildman–Crippen MR) is 68.3 cm³/mol. The molecule has 0 aromatic rings. The summed E-state index contributed by atoms with van der Waals surface area (Å²) in [7, 11) is 0. The fourth-order valence-corrected chi connectivity index (χ4v) is 1.94. The number of nitrogens with one attached hydrogen (secondary N) is 2. The third-order valence-electron chi connectivity index (χ3n) is 2.95. The van der Waals surface area contributed by atoms with Gasteiger partial charge in [0.05, 0.1) is 13.2 Å². The summed E-state index contributed by atoms with van der Waals surface area (Å²) in [6.45, 7) is 1.69. The first-order valence-electron chi connectivity index (χ1n) is 6.54. The minimum absolute atomic E-state index is 0.0992. The smallest absolute Gasteiger partial charge is 0.326 e. The van der Waals surface area contributed by atoms with Gasteiger partial charge in [-0.1, -0.05) is 0 Å². The topological polar surface area (TPSA) is 125 Å². The molecule has 1 saturated heterocycles. The third kappa shape index (κ3) is 6.48. The van der Waals surface area contributed by atoms with Gasteiger partial charge in [-0.15, -0.1) is 0 Å². The lowest BCUT2D eigenvalue weighted by atomic mass is 10.1. The summed E-state index contributed by atoms with van der Waals surface area (Å²) < 4.78 is 5.20. The quantitative estimate of drug-likeness (QED) is 0.460. The van der Waals surface area contributed by atoms with Gasteiger partial charge in [0.15, 0.2) is 0 Å². The molecule has 0 spiro atoms. The van der Waals surface area contributed by atoms with Gasteiger partial charge in [-0.25, -0.2) is 4.79 Å². The second-order valence-electron chi connectivity index (χ2n) is 4.67. The van der Waals surface area contributed by atoms with Crippen molar-refractivity contribution >= 4 is 17.8 Å². The van der Waals surface area contributed by atoms with Crippen molar-refractivity contribution in [3.05, 3.63) is 0 Å². The fraction of sp³-hybridized carbons (Fsp3) is 0.750. The molecule has 114 valence electrons. The molecule has 1 rings (SSSR count). The number of carbonyl (C=O) groups is 3. The Labute approximate surface area is 116 Å². The van der Waals surface area contributed by atoms with E-state index in [4.69, 9.17) is 14.9 Å². The maximum atomic E-state index is 11.7. The van der Waals surface area contributed by atoms with E-state index in [1.165, 1.54) is 0 Å². The molecule has 1 aliphatic heterocycles. The van der Waals surface area contributed by atoms with Crippen LogP contribution in [-0.4, -0.2) is 59.9 Å². The first-order chi connectivity index (χ1) is 9.49. The highest BCUT2D eigenvalue weighted by atomic mass is 16.5. The van der Waals surface area contributed by atoms with Gasteiger partial charge in [-0.3, -0.25) is 9.59 Å². The summed E-state index contributed by atoms with van der Waals surface area (Å²) in [6, 6.07) is -1.16. The van der Waals surface area contributed by atoms with E-state index in [2.05, 4.69) is 10.6 Å². The minimum atomic E-state index is -1.16. The van der Waals surface area contributed by atoms with E-state index in [0.717, 1.165) is 0 Å². The zero-order chi connectivity index (χ0) is 15.0. The average molecular weight is 288 g/mol. The van der Waals surface area contributed by atoms with Gasteiger partial charge >= 0.3 is 11.9 Å². The summed E-state index contributed by atoms with van der Waals surface area (Å²) in [6.07, 6.45) is 0.333. The van der Waals surface area contributed by atoms with E-state index in [0.29, 0.717) is 19.8 Å². The third-order valence-corrected chi connectivity index (χ3v) is 2.95. The number of ether oxygens (including phenoxy) is 1. The van der Waals surface area contributed by atoms with Gasteiger partial charge in [-0.05, 0) is 12.8 Å². The van der Waals surface area contributed by atoms with Crippen LogP contribution >= 0.6 is 0 Å². The highest BCUT2D eigenvalue weighted by Crippen LogP contribution is 2.04. The number of carboxylic acid groups (broad SMARTS) is 2. The Morgan fingerprint density at radius 3 is 2.65 bits per heavy atom. The van der Waals surface area contributed by atoms with Crippen LogP contribution in [0.2, 0.25) is 0 Å². The second kappa shape index (κ2) is 8.49. The molecule has 1 fully saturated rings. The number of amides is 1. The van der Waals surface area contributed by atoms with Gasteiger partial charge in [0, 0.05) is 25.4 Å². The molecule has 20 heavy (non-hydrogen) atoms. The minimum Gasteiger partial charge on any atom is -0.481 e. The predicted octanol–water partition coefficient (Wildman–Crippen LogP) is -0.811. The van der Waals surface area contributed by atoms with Crippen LogP contribution in [0, 0.1) is 0 Å². The SMILES string of the molecule is O=C(O)CCC[C@@H](NC(=O)CC1COCCN1)C(=O)O. The normalized spacial score (nSPS) is 20.1. The van der Waals surface area contributed by atoms with Crippen molar-refractivity contribution in [1.82, 2.24) is 10.6 Å². The number of rotatable bonds is 8. The molecule has 4 N–H and O–H groups in total. The molecule has 1 heterocycles. The number of carbonyl (C=O) groups excluding carboxylic acids is 1. The van der Waals surface area contributed by atoms with Gasteiger partial charge in [0.1, 0.15) is 6.04 Å². The molecule has 0 radical (unpaired) electrons. The average Bonchev–Trinajstić information content (AvgIpc) is 2.38. The number of aliphatic carboxylic acids is 2. The molecule has 0 aromatic carbocycles. The van der Waals surface area contributed by atoms with E-state index in [1.807, 2.05) is 0 Å². The standard InChI is InChI=1S/C12H20N2O6/c15-10(6-8-7-20-5-4-13-8)14-9(12(18)19)2-1-3-11(16)17/h8-9,13H,1-7H2,(H,14,15)(H,16,17)(H,18,19)/t8?,9-/m1/s1. The van der Waals surface area contributed by atoms with Crippen molar-refractivity contribution in [2.24, 2.45) is 0 Å². The molecule has 0 saturated carbocycles. The maximum absolute atomic E-state index is 11.7. The molecule has 0 bridgehead atoms. The van der Waals surface area contributed by atoms with E-state index in [-0.39, 0.29) is 37.6 Å². The molecule has 1 amide bonds. The largest absolute Gasteiger partial charge is 0.481 e. The van der Waals surface area contributed by atoms with Crippen LogP contribution in [0.1, 0.15) is 25.7 Å². The molecular weight excluding hydrogens is 268 g/mol. The van der Waals surface area contributed by atoms with E-state index in [1.54, 1.807) is 0 Å². The van der Waals surface area contributed by atoms with E-state index >= 15 is 0 Å². The van der Waals surface area contributed by atoms with Gasteiger partial charge < -0.3 is 25.6 Å². The Bertz CT molecular complexity index is 354. The Morgan fingerprint density at radius 2 is 2.10 bits per heavy atom. The van der Waals surface area contributed by atoms with Crippen molar-refractivity contribution < 1.29 is 29.3 Å². The van der Waals surface area contributed by atoms with Crippen LogP contribution in [0.3, 0.4) is 0 Å². The van der Waals surface area contributed by atoms with E-state index < -0.39 is 18.0 Å². The molecule has 8 heteroatoms. The number of hydrogen-bond acceptors (Lipinski definition) is 5. The molecule has 8 nitrogen and oxygen atoms in total. The lowest BCUT2D eigenvalue weighted by Crippen LogP contribution is -2.47. The van der Waals surface area contributed by atoms with Crippen LogP contribution in [0.4, 0.5) is 0 Å². The molecule has 1 aliphatic rings. The zero-order valence-corrected chi connectivity index (χ0v) is 11.1. The van der Waals surface area contributed by atoms with Gasteiger partial charge in [0.2, 0.25) is 5.91 Å². The summed E-state index contributed by atoms with van der Waals surface area (Å²) in [5.41, 5.74) is 0. The first-order valence-corrected chi connectivity index (χ1v) is 6.54. The lowest BCUT2D eigenvalue weighted by molar-refractivity contribution is -0.142. The van der Waals surface area contributed by atoms with Crippen molar-refractivity contribution in [1.29, 1.82) is 0 Å². The Morgan fingerprint density at radius 1 is 1.35 bits per heavy atom. The molecule has 1 unspecified atom stereocenters. The summed E-state index contributed by atoms with van der Waals surface area (Å²) in [4.78, 5) is 33.1. The Hall–Kier alpha value is -1.67. The monoisotopic (exact) mass is 288 g/mol. The lowest BCUT2D eigenvalue weighted by Gasteiger charge is -2.24. The fourth-order valence-electron chi connectivity index (χ4n) is 1.94. The Balaban J connectivity index is 2.33. The summed E-state index contributed by atoms with van der Waals surface area (Å²) in [5, 5.41) is 23.0. The van der Waals surface area contributed by atoms with Crippen molar-refractivity contribution in [2.45, 2.75) is 37.8 Å². The zero-order valence-electron chi connectivity index (χ0n) is 11.1. The van der Waals surface area contributed by atoms with Crippen LogP contribution in [0.25, 0.3) is 0 Å². The Kier molecular flexibility index (Phi) is 6.96. The molecule has 0 aromatic heterocycles. The highest BCUT2D eigenvalue weighted by molar-refractivity contribution is 5.83. The first kappa shape index (κ1) is 16.4. The summed E-state index contributed by atoms with van der Waals surface area (Å²) in [5.74, 6) is -2.52. The number of carboxylic acids is 2. The van der Waals surface area contributed by atoms with E-state index in [9.17, 15) is 14.4 Å². The molecule has 2 atom stereocenters. The van der Waals surface area contributed by atoms with Crippen molar-refractivity contribution in [3.63, 3.8) is 0 Å². The van der Waals surface area contributed by atoms with Crippen LogP contribution in [0.5, 0.6) is 0 Å². The number of hydrogen-bond donors (Lipinski definition) is 4. The highest BCUT2D eigenvalue weighted by Gasteiger charge is 2.22. The van der Waals surface area contributed by atoms with Gasteiger partial charge in [0.25, 0.3) is 0 Å². The van der Waals surface area contributed by atoms with Crippen molar-refractivity contribution in [2.75, 3.05) is 19.8 Å². The van der Waals surface area contributed by atoms with Crippen LogP contribution in [-0.2, 0) is 19.1 Å². The van der Waals surface area contributed by atoms with Crippen molar-refractivity contribution in [3.8, 4) is 0 Å². The number of morpholine rings is 1. The van der Waals surface area contributed by atoms with Crippen LogP contribution in [0.15, 0.2) is 0 Å². The van der Waals surface area contributed by atoms with Crippen LogP contribution < -0.4 is 10.6 Å². The molecular formula is C12H20N2O6. The summed E-state index contributed by atoms with van der Waals surface area (Å²) >= 11 is 0. The maximum Gasteiger partial charge on any atom is 0.326 e. The molecule has 0 aliphatic carbocycles.